The van der Waals surface area contributed by atoms with Crippen molar-refractivity contribution in [3.63, 3.8) is 0 Å². The van der Waals surface area contributed by atoms with E-state index >= 15 is 0 Å². The zero-order chi connectivity index (χ0) is 19.4. The third-order valence-electron chi connectivity index (χ3n) is 3.37. The molecule has 6 nitrogen and oxygen atoms in total. The van der Waals surface area contributed by atoms with Gasteiger partial charge in [0.15, 0.2) is 0 Å². The molecule has 0 fully saturated rings. The molecule has 0 radical (unpaired) electrons. The fraction of sp³-hybridized carbons (Fsp3) is 0.300. The number of methoxy groups -OCH3 is 1. The molecule has 0 saturated heterocycles. The maximum atomic E-state index is 11.6. The van der Waals surface area contributed by atoms with Crippen molar-refractivity contribution in [2.75, 3.05) is 13.7 Å². The van der Waals surface area contributed by atoms with Crippen LogP contribution in [0, 0.1) is 18.3 Å². The van der Waals surface area contributed by atoms with Crippen molar-refractivity contribution >= 4 is 12.4 Å². The lowest BCUT2D eigenvalue weighted by atomic mass is 10.0. The number of benzene rings is 1. The number of hydrogen-bond acceptors (Lipinski definition) is 6. The second-order valence-corrected chi connectivity index (χ2v) is 5.38. The number of aromatic nitrogens is 1. The van der Waals surface area contributed by atoms with Crippen molar-refractivity contribution < 1.29 is 19.1 Å². The highest BCUT2D eigenvalue weighted by Gasteiger charge is 2.12. The largest absolute Gasteiger partial charge is 0.468 e. The fourth-order valence-corrected chi connectivity index (χ4v) is 2.09. The quantitative estimate of drug-likeness (QED) is 0.447. The summed E-state index contributed by atoms with van der Waals surface area (Å²) in [5.74, 6) is -0.487. The molecule has 0 aliphatic carbocycles. The molecule has 0 aliphatic heterocycles. The summed E-state index contributed by atoms with van der Waals surface area (Å²) in [5, 5.41) is 9.10. The van der Waals surface area contributed by atoms with E-state index in [9.17, 15) is 9.59 Å². The number of hydrogen-bond donors (Lipinski definition) is 0. The Morgan fingerprint density at radius 3 is 2.65 bits per heavy atom. The molecule has 1 aromatic carbocycles. The summed E-state index contributed by atoms with van der Waals surface area (Å²) in [6.45, 7) is 4.97. The van der Waals surface area contributed by atoms with Gasteiger partial charge in [0.2, 0.25) is 0 Å². The zero-order valence-corrected chi connectivity index (χ0v) is 15.2. The van der Waals surface area contributed by atoms with Gasteiger partial charge < -0.3 is 9.47 Å². The Balaban J connectivity index is 0.000000412. The monoisotopic (exact) mass is 354 g/mol. The van der Waals surface area contributed by atoms with Crippen LogP contribution in [0.25, 0.3) is 11.3 Å². The van der Waals surface area contributed by atoms with E-state index < -0.39 is 5.97 Å². The Bertz CT molecular complexity index is 782. The Morgan fingerprint density at radius 1 is 1.31 bits per heavy atom. The van der Waals surface area contributed by atoms with Crippen molar-refractivity contribution in [1.29, 1.82) is 5.26 Å². The van der Waals surface area contributed by atoms with Crippen LogP contribution in [0.1, 0.15) is 41.4 Å². The molecule has 6 heteroatoms. The van der Waals surface area contributed by atoms with Crippen LogP contribution in [0.3, 0.4) is 0 Å². The van der Waals surface area contributed by atoms with Crippen molar-refractivity contribution in [1.82, 2.24) is 4.98 Å². The molecule has 1 aromatic heterocycles. The topological polar surface area (TPSA) is 89.3 Å². The molecule has 2 rings (SSSR count). The summed E-state index contributed by atoms with van der Waals surface area (Å²) in [7, 11) is 1.31. The van der Waals surface area contributed by atoms with Crippen LogP contribution in [-0.2, 0) is 14.3 Å². The maximum Gasteiger partial charge on any atom is 0.356 e. The number of esters is 1. The standard InChI is InChI=1S/C15H12N2O2.C5H10O2/c1-10-7-13(17-14(8-10)15(18)19-2)12-6-4-3-5-11(12)9-16;1-2-3-4-7-5-6/h3-8H,1-2H3;5H,2-4H2,1H3. The fourth-order valence-electron chi connectivity index (χ4n) is 2.09. The lowest BCUT2D eigenvalue weighted by Gasteiger charge is -2.07. The zero-order valence-electron chi connectivity index (χ0n) is 15.2. The van der Waals surface area contributed by atoms with Crippen molar-refractivity contribution in [3.8, 4) is 17.3 Å². The number of carbonyl (C=O) groups excluding carboxylic acids is 2. The van der Waals surface area contributed by atoms with E-state index in [0.29, 0.717) is 29.9 Å². The number of unbranched alkanes of at least 4 members (excludes halogenated alkanes) is 1. The Hall–Kier alpha value is -3.20. The Labute approximate surface area is 153 Å². The highest BCUT2D eigenvalue weighted by atomic mass is 16.5. The smallest absolute Gasteiger partial charge is 0.356 e. The maximum absolute atomic E-state index is 11.6. The molecule has 2 aromatic rings. The van der Waals surface area contributed by atoms with Crippen LogP contribution < -0.4 is 0 Å². The predicted octanol–water partition coefficient (Wildman–Crippen LogP) is 3.67. The van der Waals surface area contributed by atoms with Crippen LogP contribution >= 0.6 is 0 Å². The van der Waals surface area contributed by atoms with Crippen molar-refractivity contribution in [2.24, 2.45) is 0 Å². The van der Waals surface area contributed by atoms with E-state index in [0.717, 1.165) is 18.4 Å². The SMILES string of the molecule is CCCCOC=O.COC(=O)c1cc(C)cc(-c2ccccc2C#N)n1. The molecule has 0 atom stereocenters. The highest BCUT2D eigenvalue weighted by Crippen LogP contribution is 2.23. The normalized spacial score (nSPS) is 9.31. The van der Waals surface area contributed by atoms with E-state index in [1.54, 1.807) is 24.3 Å². The summed E-state index contributed by atoms with van der Waals surface area (Å²) >= 11 is 0. The lowest BCUT2D eigenvalue weighted by Crippen LogP contribution is -2.05. The number of nitriles is 1. The van der Waals surface area contributed by atoms with Gasteiger partial charge in [-0.3, -0.25) is 4.79 Å². The van der Waals surface area contributed by atoms with Gasteiger partial charge in [-0.25, -0.2) is 9.78 Å². The summed E-state index contributed by atoms with van der Waals surface area (Å²) in [5.41, 5.74) is 2.95. The third-order valence-corrected chi connectivity index (χ3v) is 3.37. The molecule has 26 heavy (non-hydrogen) atoms. The first-order valence-electron chi connectivity index (χ1n) is 8.19. The van der Waals surface area contributed by atoms with Crippen LogP contribution in [0.15, 0.2) is 36.4 Å². The van der Waals surface area contributed by atoms with Gasteiger partial charge in [0.25, 0.3) is 6.47 Å². The molecule has 1 heterocycles. The molecule has 0 bridgehead atoms. The second kappa shape index (κ2) is 11.4. The number of carbonyl (C=O) groups is 2. The first-order chi connectivity index (χ1) is 12.6. The van der Waals surface area contributed by atoms with Gasteiger partial charge in [-0.1, -0.05) is 31.5 Å². The van der Waals surface area contributed by atoms with Gasteiger partial charge in [0, 0.05) is 5.56 Å². The molecular weight excluding hydrogens is 332 g/mol. The van der Waals surface area contributed by atoms with Crippen LogP contribution in [0.2, 0.25) is 0 Å². The molecule has 0 unspecified atom stereocenters. The first-order valence-corrected chi connectivity index (χ1v) is 8.19. The van der Waals surface area contributed by atoms with Gasteiger partial charge in [0.1, 0.15) is 5.69 Å². The minimum atomic E-state index is -0.487. The Morgan fingerprint density at radius 2 is 2.04 bits per heavy atom. The summed E-state index contributed by atoms with van der Waals surface area (Å²) in [6.07, 6.45) is 2.05. The second-order valence-electron chi connectivity index (χ2n) is 5.38. The summed E-state index contributed by atoms with van der Waals surface area (Å²) in [6, 6.07) is 12.8. The first kappa shape index (κ1) is 20.8. The van der Waals surface area contributed by atoms with Crippen LogP contribution in [0.4, 0.5) is 0 Å². The van der Waals surface area contributed by atoms with E-state index in [-0.39, 0.29) is 5.69 Å². The van der Waals surface area contributed by atoms with Crippen LogP contribution in [0.5, 0.6) is 0 Å². The molecule has 0 spiro atoms. The van der Waals surface area contributed by atoms with Gasteiger partial charge in [-0.05, 0) is 37.1 Å². The summed E-state index contributed by atoms with van der Waals surface area (Å²) in [4.78, 5) is 25.3. The van der Waals surface area contributed by atoms with E-state index in [2.05, 4.69) is 20.5 Å². The lowest BCUT2D eigenvalue weighted by molar-refractivity contribution is -0.128. The third kappa shape index (κ3) is 6.36. The molecular formula is C20H22N2O4. The minimum absolute atomic E-state index is 0.241. The van der Waals surface area contributed by atoms with E-state index in [1.165, 1.54) is 7.11 Å². The van der Waals surface area contributed by atoms with Crippen molar-refractivity contribution in [2.45, 2.75) is 26.7 Å². The van der Waals surface area contributed by atoms with Gasteiger partial charge >= 0.3 is 5.97 Å². The number of rotatable bonds is 6. The summed E-state index contributed by atoms with van der Waals surface area (Å²) < 4.78 is 9.07. The van der Waals surface area contributed by atoms with Crippen molar-refractivity contribution in [3.05, 3.63) is 53.2 Å². The highest BCUT2D eigenvalue weighted by molar-refractivity contribution is 5.88. The molecule has 0 aliphatic rings. The van der Waals surface area contributed by atoms with E-state index in [1.807, 2.05) is 26.0 Å². The molecule has 0 amide bonds. The van der Waals surface area contributed by atoms with Gasteiger partial charge in [-0.2, -0.15) is 5.26 Å². The van der Waals surface area contributed by atoms with Gasteiger partial charge in [-0.15, -0.1) is 0 Å². The number of pyridine rings is 1. The van der Waals surface area contributed by atoms with E-state index in [4.69, 9.17) is 5.26 Å². The number of ether oxygens (including phenoxy) is 2. The minimum Gasteiger partial charge on any atom is -0.468 e. The number of aryl methyl sites for hydroxylation is 1. The molecule has 0 saturated carbocycles. The number of nitrogens with zero attached hydrogens (tertiary/aromatic N) is 2. The average molecular weight is 354 g/mol. The Kier molecular flexibility index (Phi) is 9.12. The van der Waals surface area contributed by atoms with Crippen LogP contribution in [-0.4, -0.2) is 31.1 Å². The molecule has 0 N–H and O–H groups in total. The molecule has 136 valence electrons. The average Bonchev–Trinajstić information content (AvgIpc) is 2.67. The predicted molar refractivity (Wildman–Crippen MR) is 97.4 cm³/mol. The van der Waals surface area contributed by atoms with Gasteiger partial charge in [0.05, 0.1) is 31.0 Å².